The van der Waals surface area contributed by atoms with Crippen LogP contribution < -0.4 is 4.74 Å². The topological polar surface area (TPSA) is 46.5 Å². The lowest BCUT2D eigenvalue weighted by Crippen LogP contribution is -1.90. The normalized spacial score (nSPS) is 12.1. The zero-order valence-electron chi connectivity index (χ0n) is 8.67. The highest BCUT2D eigenvalue weighted by atomic mass is 35.5. The molecule has 0 saturated heterocycles. The van der Waals surface area contributed by atoms with Gasteiger partial charge in [-0.25, -0.2) is 4.21 Å². The lowest BCUT2D eigenvalue weighted by atomic mass is 10.3. The third kappa shape index (κ3) is 3.06. The molecule has 1 unspecified atom stereocenters. The van der Waals surface area contributed by atoms with Crippen LogP contribution in [-0.4, -0.2) is 8.76 Å². The number of ether oxygens (including phenoxy) is 1. The van der Waals surface area contributed by atoms with Crippen molar-refractivity contribution in [1.29, 1.82) is 0 Å². The Morgan fingerprint density at radius 1 is 1.12 bits per heavy atom. The minimum atomic E-state index is -2.03. The second-order valence-corrected chi connectivity index (χ2v) is 4.63. The molecule has 0 aliphatic carbocycles. The molecule has 0 radical (unpaired) electrons. The van der Waals surface area contributed by atoms with Gasteiger partial charge in [0.15, 0.2) is 11.1 Å². The molecule has 5 heteroatoms. The van der Waals surface area contributed by atoms with Crippen LogP contribution in [0.2, 0.25) is 5.02 Å². The van der Waals surface area contributed by atoms with Crippen molar-refractivity contribution >= 4 is 22.7 Å². The summed E-state index contributed by atoms with van der Waals surface area (Å²) in [6.45, 7) is 0. The van der Waals surface area contributed by atoms with Crippen molar-refractivity contribution in [3.8, 4) is 11.5 Å². The van der Waals surface area contributed by atoms with Crippen LogP contribution in [0.3, 0.4) is 0 Å². The van der Waals surface area contributed by atoms with Crippen LogP contribution in [0.1, 0.15) is 0 Å². The minimum Gasteiger partial charge on any atom is -0.456 e. The molecule has 1 N–H and O–H groups in total. The van der Waals surface area contributed by atoms with E-state index in [0.717, 1.165) is 0 Å². The van der Waals surface area contributed by atoms with Crippen molar-refractivity contribution in [2.24, 2.45) is 0 Å². The molecule has 0 fully saturated rings. The van der Waals surface area contributed by atoms with Gasteiger partial charge in [-0.15, -0.1) is 0 Å². The van der Waals surface area contributed by atoms with E-state index in [1.54, 1.807) is 18.2 Å². The maximum absolute atomic E-state index is 10.8. The highest BCUT2D eigenvalue weighted by Crippen LogP contribution is 2.30. The number of hydrogen-bond donors (Lipinski definition) is 1. The summed E-state index contributed by atoms with van der Waals surface area (Å²) in [5, 5.41) is 0.300. The molecule has 17 heavy (non-hydrogen) atoms. The summed E-state index contributed by atoms with van der Waals surface area (Å²) in [4.78, 5) is 0.246. The summed E-state index contributed by atoms with van der Waals surface area (Å²) in [6.07, 6.45) is 0. The monoisotopic (exact) mass is 268 g/mol. The molecule has 2 aromatic carbocycles. The van der Waals surface area contributed by atoms with Crippen molar-refractivity contribution in [1.82, 2.24) is 0 Å². The van der Waals surface area contributed by atoms with Gasteiger partial charge in [0, 0.05) is 0 Å². The molecular formula is C12H9ClO3S. The van der Waals surface area contributed by atoms with Gasteiger partial charge in [-0.1, -0.05) is 29.8 Å². The number of benzene rings is 2. The Morgan fingerprint density at radius 3 is 2.41 bits per heavy atom. The molecule has 1 atom stereocenters. The highest BCUT2D eigenvalue weighted by molar-refractivity contribution is 7.79. The van der Waals surface area contributed by atoms with E-state index in [-0.39, 0.29) is 4.90 Å². The summed E-state index contributed by atoms with van der Waals surface area (Å²) in [7, 11) is 0. The van der Waals surface area contributed by atoms with Crippen molar-refractivity contribution in [2.75, 3.05) is 0 Å². The molecule has 0 amide bonds. The van der Waals surface area contributed by atoms with Crippen LogP contribution in [0.25, 0.3) is 0 Å². The molecule has 0 spiro atoms. The standard InChI is InChI=1S/C12H9ClO3S/c13-11-8-10(17(14)15)6-7-12(11)16-9-4-2-1-3-5-9/h1-8H,(H,14,15). The smallest absolute Gasteiger partial charge is 0.186 e. The van der Waals surface area contributed by atoms with Crippen LogP contribution in [-0.2, 0) is 11.1 Å². The van der Waals surface area contributed by atoms with E-state index in [2.05, 4.69) is 0 Å². The Bertz CT molecular complexity index is 543. The Morgan fingerprint density at radius 2 is 1.82 bits per heavy atom. The maximum Gasteiger partial charge on any atom is 0.186 e. The van der Waals surface area contributed by atoms with E-state index in [4.69, 9.17) is 20.9 Å². The van der Waals surface area contributed by atoms with Gasteiger partial charge < -0.3 is 9.29 Å². The largest absolute Gasteiger partial charge is 0.456 e. The van der Waals surface area contributed by atoms with Gasteiger partial charge in [-0.3, -0.25) is 0 Å². The zero-order valence-corrected chi connectivity index (χ0v) is 10.2. The number of hydrogen-bond acceptors (Lipinski definition) is 2. The van der Waals surface area contributed by atoms with Crippen LogP contribution in [0, 0.1) is 0 Å². The second-order valence-electron chi connectivity index (χ2n) is 3.26. The Labute approximate surface area is 106 Å². The van der Waals surface area contributed by atoms with Crippen LogP contribution in [0.5, 0.6) is 11.5 Å². The zero-order chi connectivity index (χ0) is 12.3. The van der Waals surface area contributed by atoms with Crippen LogP contribution in [0.4, 0.5) is 0 Å². The average molecular weight is 269 g/mol. The predicted octanol–water partition coefficient (Wildman–Crippen LogP) is 3.71. The molecule has 0 aliphatic rings. The quantitative estimate of drug-likeness (QED) is 0.863. The van der Waals surface area contributed by atoms with E-state index in [9.17, 15) is 4.21 Å². The highest BCUT2D eigenvalue weighted by Gasteiger charge is 2.07. The SMILES string of the molecule is O=S(O)c1ccc(Oc2ccccc2)c(Cl)c1. The molecule has 88 valence electrons. The van der Waals surface area contributed by atoms with Crippen molar-refractivity contribution < 1.29 is 13.5 Å². The lowest BCUT2D eigenvalue weighted by Gasteiger charge is -2.07. The van der Waals surface area contributed by atoms with Crippen molar-refractivity contribution in [3.05, 3.63) is 53.6 Å². The van der Waals surface area contributed by atoms with E-state index in [0.29, 0.717) is 16.5 Å². The van der Waals surface area contributed by atoms with Gasteiger partial charge >= 0.3 is 0 Å². The van der Waals surface area contributed by atoms with E-state index < -0.39 is 11.1 Å². The molecule has 0 aromatic heterocycles. The molecule has 0 bridgehead atoms. The van der Waals surface area contributed by atoms with Crippen LogP contribution in [0.15, 0.2) is 53.4 Å². The summed E-state index contributed by atoms with van der Waals surface area (Å²) in [5.41, 5.74) is 0. The number of halogens is 1. The van der Waals surface area contributed by atoms with Gasteiger partial charge in [0.05, 0.1) is 9.92 Å². The van der Waals surface area contributed by atoms with E-state index in [1.165, 1.54) is 12.1 Å². The lowest BCUT2D eigenvalue weighted by molar-refractivity contribution is 0.482. The summed E-state index contributed by atoms with van der Waals surface area (Å²) in [5.74, 6) is 1.11. The summed E-state index contributed by atoms with van der Waals surface area (Å²) < 4.78 is 25.3. The average Bonchev–Trinajstić information content (AvgIpc) is 2.33. The second kappa shape index (κ2) is 5.31. The van der Waals surface area contributed by atoms with Crippen LogP contribution >= 0.6 is 11.6 Å². The molecule has 0 heterocycles. The van der Waals surface area contributed by atoms with Gasteiger partial charge in [0.1, 0.15) is 11.5 Å². The summed E-state index contributed by atoms with van der Waals surface area (Å²) in [6, 6.07) is 13.7. The van der Waals surface area contributed by atoms with E-state index in [1.807, 2.05) is 18.2 Å². The molecule has 2 rings (SSSR count). The Kier molecular flexibility index (Phi) is 3.78. The fourth-order valence-electron chi connectivity index (χ4n) is 1.29. The first-order chi connectivity index (χ1) is 8.16. The maximum atomic E-state index is 10.8. The Balaban J connectivity index is 2.26. The van der Waals surface area contributed by atoms with Gasteiger partial charge in [-0.05, 0) is 30.3 Å². The number of para-hydroxylation sites is 1. The minimum absolute atomic E-state index is 0.246. The fourth-order valence-corrected chi connectivity index (χ4v) is 1.98. The first-order valence-electron chi connectivity index (χ1n) is 4.80. The fraction of sp³-hybridized carbons (Fsp3) is 0. The third-order valence-electron chi connectivity index (χ3n) is 2.08. The molecule has 2 aromatic rings. The van der Waals surface area contributed by atoms with Gasteiger partial charge in [0.2, 0.25) is 0 Å². The first kappa shape index (κ1) is 12.1. The molecule has 3 nitrogen and oxygen atoms in total. The van der Waals surface area contributed by atoms with Gasteiger partial charge in [0.25, 0.3) is 0 Å². The third-order valence-corrected chi connectivity index (χ3v) is 3.03. The summed E-state index contributed by atoms with van der Waals surface area (Å²) >= 11 is 3.92. The van der Waals surface area contributed by atoms with Crippen molar-refractivity contribution in [3.63, 3.8) is 0 Å². The Hall–Kier alpha value is -1.36. The number of rotatable bonds is 3. The van der Waals surface area contributed by atoms with Crippen molar-refractivity contribution in [2.45, 2.75) is 4.90 Å². The molecule has 0 aliphatic heterocycles. The molecular weight excluding hydrogens is 260 g/mol. The van der Waals surface area contributed by atoms with E-state index >= 15 is 0 Å². The van der Waals surface area contributed by atoms with Gasteiger partial charge in [-0.2, -0.15) is 0 Å². The molecule has 0 saturated carbocycles. The first-order valence-corrected chi connectivity index (χ1v) is 6.28. The predicted molar refractivity (Wildman–Crippen MR) is 67.0 cm³/mol.